The third-order valence-corrected chi connectivity index (χ3v) is 3.43. The van der Waals surface area contributed by atoms with Crippen LogP contribution in [-0.2, 0) is 19.4 Å². The fourth-order valence-corrected chi connectivity index (χ4v) is 2.36. The summed E-state index contributed by atoms with van der Waals surface area (Å²) >= 11 is 0. The predicted molar refractivity (Wildman–Crippen MR) is 64.6 cm³/mol. The highest BCUT2D eigenvalue weighted by molar-refractivity contribution is 5.26. The summed E-state index contributed by atoms with van der Waals surface area (Å²) in [4.78, 5) is 0. The summed E-state index contributed by atoms with van der Waals surface area (Å²) in [5, 5.41) is 7.09. The average molecular weight is 276 g/mol. The summed E-state index contributed by atoms with van der Waals surface area (Å²) in [5.74, 6) is -0.143. The first-order valence-corrected chi connectivity index (χ1v) is 6.61. The Morgan fingerprint density at radius 3 is 2.79 bits per heavy atom. The maximum atomic E-state index is 12.8. The van der Waals surface area contributed by atoms with E-state index in [-0.39, 0.29) is 12.8 Å². The molecule has 0 saturated carbocycles. The zero-order valence-electron chi connectivity index (χ0n) is 11.2. The van der Waals surface area contributed by atoms with Gasteiger partial charge in [-0.25, -0.2) is 0 Å². The molecule has 1 aromatic heterocycles. The van der Waals surface area contributed by atoms with Crippen LogP contribution >= 0.6 is 0 Å². The molecule has 1 atom stereocenters. The molecule has 0 bridgehead atoms. The summed E-state index contributed by atoms with van der Waals surface area (Å²) in [5.41, 5.74) is 1.29. The van der Waals surface area contributed by atoms with Gasteiger partial charge >= 0.3 is 6.18 Å². The molecule has 19 heavy (non-hydrogen) atoms. The van der Waals surface area contributed by atoms with Crippen molar-refractivity contribution in [2.75, 3.05) is 6.54 Å². The zero-order chi connectivity index (χ0) is 14.0. The maximum Gasteiger partial charge on any atom is 0.392 e. The van der Waals surface area contributed by atoms with Gasteiger partial charge in [0.1, 0.15) is 11.5 Å². The van der Waals surface area contributed by atoms with E-state index in [9.17, 15) is 13.2 Å². The van der Waals surface area contributed by atoms with Gasteiger partial charge in [-0.1, -0.05) is 19.0 Å². The van der Waals surface area contributed by atoms with E-state index in [1.165, 1.54) is 0 Å². The fourth-order valence-electron chi connectivity index (χ4n) is 2.36. The second-order valence-corrected chi connectivity index (χ2v) is 5.54. The van der Waals surface area contributed by atoms with Gasteiger partial charge in [0.2, 0.25) is 0 Å². The van der Waals surface area contributed by atoms with Gasteiger partial charge in [-0.2, -0.15) is 13.2 Å². The molecule has 1 N–H and O–H groups in total. The number of hydrogen-bond acceptors (Lipinski definition) is 3. The van der Waals surface area contributed by atoms with Crippen LogP contribution in [0.1, 0.15) is 37.3 Å². The summed E-state index contributed by atoms with van der Waals surface area (Å²) < 4.78 is 43.4. The Balaban J connectivity index is 2.03. The first-order chi connectivity index (χ1) is 8.88. The van der Waals surface area contributed by atoms with E-state index in [0.29, 0.717) is 35.9 Å². The van der Waals surface area contributed by atoms with Gasteiger partial charge in [-0.3, -0.25) is 0 Å². The topological polar surface area (TPSA) is 38.1 Å². The summed E-state index contributed by atoms with van der Waals surface area (Å²) in [7, 11) is 0. The number of aryl methyl sites for hydroxylation is 1. The summed E-state index contributed by atoms with van der Waals surface area (Å²) in [6.07, 6.45) is -3.69. The van der Waals surface area contributed by atoms with Crippen LogP contribution in [0.3, 0.4) is 0 Å². The van der Waals surface area contributed by atoms with Crippen LogP contribution in [0.5, 0.6) is 0 Å². The van der Waals surface area contributed by atoms with E-state index in [0.717, 1.165) is 6.54 Å². The van der Waals surface area contributed by atoms with Gasteiger partial charge in [-0.15, -0.1) is 0 Å². The van der Waals surface area contributed by atoms with Crippen LogP contribution in [-0.4, -0.2) is 17.9 Å². The quantitative estimate of drug-likeness (QED) is 0.918. The smallest absolute Gasteiger partial charge is 0.361 e. The predicted octanol–water partition coefficient (Wildman–Crippen LogP) is 3.09. The van der Waals surface area contributed by atoms with E-state index in [1.807, 2.05) is 0 Å². The molecule has 1 aromatic rings. The Morgan fingerprint density at radius 1 is 1.42 bits per heavy atom. The number of halogens is 3. The molecular weight excluding hydrogens is 257 g/mol. The third kappa shape index (κ3) is 3.49. The van der Waals surface area contributed by atoms with Crippen molar-refractivity contribution in [1.82, 2.24) is 10.5 Å². The molecule has 1 heterocycles. The largest absolute Gasteiger partial charge is 0.392 e. The van der Waals surface area contributed by atoms with Gasteiger partial charge in [0.15, 0.2) is 0 Å². The minimum Gasteiger partial charge on any atom is -0.361 e. The van der Waals surface area contributed by atoms with E-state index >= 15 is 0 Å². The number of alkyl halides is 3. The van der Waals surface area contributed by atoms with Crippen molar-refractivity contribution < 1.29 is 17.7 Å². The Kier molecular flexibility index (Phi) is 4.18. The number of nitrogens with zero attached hydrogens (tertiary/aromatic N) is 1. The molecule has 0 saturated heterocycles. The molecule has 0 aromatic carbocycles. The van der Waals surface area contributed by atoms with Crippen molar-refractivity contribution in [2.45, 2.75) is 45.8 Å². The lowest BCUT2D eigenvalue weighted by Gasteiger charge is -2.23. The SMILES string of the molecule is CC(C)CNCc1noc2c1CC(C(F)(F)F)CC2. The lowest BCUT2D eigenvalue weighted by Crippen LogP contribution is -2.29. The number of rotatable bonds is 4. The van der Waals surface area contributed by atoms with Crippen molar-refractivity contribution in [3.8, 4) is 0 Å². The molecule has 108 valence electrons. The first kappa shape index (κ1) is 14.4. The van der Waals surface area contributed by atoms with Gasteiger partial charge in [0.05, 0.1) is 5.92 Å². The number of fused-ring (bicyclic) bond motifs is 1. The average Bonchev–Trinajstić information content (AvgIpc) is 2.70. The number of nitrogens with one attached hydrogen (secondary N) is 1. The van der Waals surface area contributed by atoms with Gasteiger partial charge in [-0.05, 0) is 25.3 Å². The lowest BCUT2D eigenvalue weighted by atomic mass is 9.86. The molecular formula is C13H19F3N2O. The lowest BCUT2D eigenvalue weighted by molar-refractivity contribution is -0.177. The Hall–Kier alpha value is -1.04. The van der Waals surface area contributed by atoms with Crippen LogP contribution in [0.15, 0.2) is 4.52 Å². The molecule has 0 fully saturated rings. The third-order valence-electron chi connectivity index (χ3n) is 3.43. The monoisotopic (exact) mass is 276 g/mol. The van der Waals surface area contributed by atoms with E-state index in [2.05, 4.69) is 24.3 Å². The Bertz CT molecular complexity index is 426. The van der Waals surface area contributed by atoms with Crippen LogP contribution in [0, 0.1) is 11.8 Å². The minimum atomic E-state index is -4.13. The molecule has 0 amide bonds. The first-order valence-electron chi connectivity index (χ1n) is 6.61. The summed E-state index contributed by atoms with van der Waals surface area (Å²) in [6.45, 7) is 5.43. The molecule has 0 aliphatic heterocycles. The standard InChI is InChI=1S/C13H19F3N2O/c1-8(2)6-17-7-11-10-5-9(13(14,15)16)3-4-12(10)19-18-11/h8-9,17H,3-7H2,1-2H3. The molecule has 2 rings (SSSR count). The maximum absolute atomic E-state index is 12.8. The minimum absolute atomic E-state index is 0.00102. The summed E-state index contributed by atoms with van der Waals surface area (Å²) in [6, 6.07) is 0. The van der Waals surface area contributed by atoms with Crippen molar-refractivity contribution >= 4 is 0 Å². The Labute approximate surface area is 110 Å². The molecule has 1 aliphatic carbocycles. The molecule has 1 aliphatic rings. The van der Waals surface area contributed by atoms with Crippen LogP contribution in [0.2, 0.25) is 0 Å². The van der Waals surface area contributed by atoms with Gasteiger partial charge in [0, 0.05) is 18.5 Å². The van der Waals surface area contributed by atoms with E-state index in [4.69, 9.17) is 4.52 Å². The van der Waals surface area contributed by atoms with E-state index < -0.39 is 12.1 Å². The second-order valence-electron chi connectivity index (χ2n) is 5.54. The van der Waals surface area contributed by atoms with Crippen molar-refractivity contribution in [2.24, 2.45) is 11.8 Å². The molecule has 0 spiro atoms. The normalized spacial score (nSPS) is 19.8. The Morgan fingerprint density at radius 2 is 2.16 bits per heavy atom. The molecule has 0 radical (unpaired) electrons. The molecule has 1 unspecified atom stereocenters. The number of hydrogen-bond donors (Lipinski definition) is 1. The highest BCUT2D eigenvalue weighted by Crippen LogP contribution is 2.38. The molecule has 3 nitrogen and oxygen atoms in total. The van der Waals surface area contributed by atoms with E-state index in [1.54, 1.807) is 0 Å². The van der Waals surface area contributed by atoms with Crippen molar-refractivity contribution in [3.63, 3.8) is 0 Å². The fraction of sp³-hybridized carbons (Fsp3) is 0.769. The van der Waals surface area contributed by atoms with Gasteiger partial charge < -0.3 is 9.84 Å². The number of aromatic nitrogens is 1. The van der Waals surface area contributed by atoms with Crippen LogP contribution in [0.4, 0.5) is 13.2 Å². The molecule has 6 heteroatoms. The van der Waals surface area contributed by atoms with Crippen molar-refractivity contribution in [3.05, 3.63) is 17.0 Å². The van der Waals surface area contributed by atoms with Crippen LogP contribution in [0.25, 0.3) is 0 Å². The highest BCUT2D eigenvalue weighted by atomic mass is 19.4. The zero-order valence-corrected chi connectivity index (χ0v) is 11.2. The van der Waals surface area contributed by atoms with Crippen molar-refractivity contribution in [1.29, 1.82) is 0 Å². The second kappa shape index (κ2) is 5.53. The van der Waals surface area contributed by atoms with Crippen LogP contribution < -0.4 is 5.32 Å². The highest BCUT2D eigenvalue weighted by Gasteiger charge is 2.42. The van der Waals surface area contributed by atoms with Gasteiger partial charge in [0.25, 0.3) is 0 Å².